The first kappa shape index (κ1) is 18.2. The molecule has 0 spiro atoms. The fourth-order valence-electron chi connectivity index (χ4n) is 1.66. The van der Waals surface area contributed by atoms with Crippen molar-refractivity contribution < 1.29 is 19.2 Å². The highest BCUT2D eigenvalue weighted by Gasteiger charge is 2.27. The van der Waals surface area contributed by atoms with Gasteiger partial charge in [-0.3, -0.25) is 10.1 Å². The lowest BCUT2D eigenvalue weighted by atomic mass is 10.1. The van der Waals surface area contributed by atoms with Crippen LogP contribution in [-0.2, 0) is 9.47 Å². The molecule has 0 radical (unpaired) electrons. The fourth-order valence-corrected chi connectivity index (χ4v) is 1.98. The van der Waals surface area contributed by atoms with Gasteiger partial charge in [0.2, 0.25) is 0 Å². The topological polar surface area (TPSA) is 90.7 Å². The zero-order valence-corrected chi connectivity index (χ0v) is 13.7. The summed E-state index contributed by atoms with van der Waals surface area (Å²) in [7, 11) is 1.52. The van der Waals surface area contributed by atoms with Gasteiger partial charge in [-0.15, -0.1) is 0 Å². The minimum atomic E-state index is -0.718. The van der Waals surface area contributed by atoms with Crippen LogP contribution < -0.4 is 5.32 Å². The van der Waals surface area contributed by atoms with Gasteiger partial charge in [0.1, 0.15) is 16.3 Å². The molecule has 0 fully saturated rings. The van der Waals surface area contributed by atoms with Crippen molar-refractivity contribution in [1.29, 1.82) is 0 Å². The van der Waals surface area contributed by atoms with Gasteiger partial charge in [-0.05, 0) is 32.9 Å². The van der Waals surface area contributed by atoms with Gasteiger partial charge in [0, 0.05) is 13.7 Å². The zero-order valence-electron chi connectivity index (χ0n) is 12.9. The summed E-state index contributed by atoms with van der Waals surface area (Å²) >= 11 is 6.03. The van der Waals surface area contributed by atoms with Gasteiger partial charge < -0.3 is 14.8 Å². The lowest BCUT2D eigenvalue weighted by molar-refractivity contribution is -0.383. The molecule has 0 aliphatic carbocycles. The van der Waals surface area contributed by atoms with Crippen molar-refractivity contribution in [3.8, 4) is 0 Å². The standard InChI is InChI=1S/C14H19ClN2O5/c1-14(2,3)22-13(18)9-5-6-10(16-7-8-21-4)12(11(9)15)17(19)20/h5-6,16H,7-8H2,1-4H3. The normalized spacial score (nSPS) is 11.1. The van der Waals surface area contributed by atoms with Crippen LogP contribution >= 0.6 is 11.6 Å². The summed E-state index contributed by atoms with van der Waals surface area (Å²) in [4.78, 5) is 22.7. The lowest BCUT2D eigenvalue weighted by Gasteiger charge is -2.20. The Bertz CT molecular complexity index is 569. The maximum Gasteiger partial charge on any atom is 0.340 e. The number of ether oxygens (including phenoxy) is 2. The summed E-state index contributed by atoms with van der Waals surface area (Å²) in [5.41, 5.74) is -0.897. The van der Waals surface area contributed by atoms with Crippen LogP contribution in [0.2, 0.25) is 5.02 Å². The smallest absolute Gasteiger partial charge is 0.340 e. The first-order valence-electron chi connectivity index (χ1n) is 6.60. The van der Waals surface area contributed by atoms with Gasteiger partial charge in [0.25, 0.3) is 0 Å². The van der Waals surface area contributed by atoms with Crippen molar-refractivity contribution in [3.05, 3.63) is 32.8 Å². The number of nitrogens with one attached hydrogen (secondary N) is 1. The number of anilines is 1. The van der Waals surface area contributed by atoms with Crippen LogP contribution in [-0.4, -0.2) is 36.8 Å². The van der Waals surface area contributed by atoms with Crippen LogP contribution in [0.3, 0.4) is 0 Å². The Kier molecular flexibility index (Phi) is 6.13. The number of benzene rings is 1. The summed E-state index contributed by atoms with van der Waals surface area (Å²) in [6.07, 6.45) is 0. The van der Waals surface area contributed by atoms with Gasteiger partial charge in [0.05, 0.1) is 17.1 Å². The molecule has 22 heavy (non-hydrogen) atoms. The SMILES string of the molecule is COCCNc1ccc(C(=O)OC(C)(C)C)c(Cl)c1[N+](=O)[O-]. The monoisotopic (exact) mass is 330 g/mol. The molecule has 0 bridgehead atoms. The molecule has 0 aliphatic heterocycles. The second kappa shape index (κ2) is 7.42. The summed E-state index contributed by atoms with van der Waals surface area (Å²) < 4.78 is 10.1. The average molecular weight is 331 g/mol. The van der Waals surface area contributed by atoms with Crippen LogP contribution in [0.15, 0.2) is 12.1 Å². The summed E-state index contributed by atoms with van der Waals surface area (Å²) in [5, 5.41) is 13.8. The minimum Gasteiger partial charge on any atom is -0.456 e. The largest absolute Gasteiger partial charge is 0.456 e. The molecule has 0 aliphatic rings. The second-order valence-electron chi connectivity index (χ2n) is 5.50. The molecule has 0 amide bonds. The highest BCUT2D eigenvalue weighted by atomic mass is 35.5. The molecule has 0 heterocycles. The van der Waals surface area contributed by atoms with Crippen molar-refractivity contribution in [2.45, 2.75) is 26.4 Å². The zero-order chi connectivity index (χ0) is 16.9. The molecule has 0 saturated heterocycles. The number of hydrogen-bond donors (Lipinski definition) is 1. The Balaban J connectivity index is 3.15. The molecule has 1 N–H and O–H groups in total. The van der Waals surface area contributed by atoms with Crippen LogP contribution in [0.1, 0.15) is 31.1 Å². The summed E-state index contributed by atoms with van der Waals surface area (Å²) in [6.45, 7) is 5.86. The van der Waals surface area contributed by atoms with Gasteiger partial charge in [-0.25, -0.2) is 4.79 Å². The first-order chi connectivity index (χ1) is 10.2. The Morgan fingerprint density at radius 1 is 1.41 bits per heavy atom. The quantitative estimate of drug-likeness (QED) is 0.372. The number of carbonyl (C=O) groups is 1. The molecule has 122 valence electrons. The summed E-state index contributed by atoms with van der Waals surface area (Å²) in [6, 6.07) is 2.83. The Morgan fingerprint density at radius 2 is 2.05 bits per heavy atom. The maximum absolute atomic E-state index is 12.1. The van der Waals surface area contributed by atoms with Crippen molar-refractivity contribution in [2.24, 2.45) is 0 Å². The highest BCUT2D eigenvalue weighted by molar-refractivity contribution is 6.36. The van der Waals surface area contributed by atoms with Crippen LogP contribution in [0.25, 0.3) is 0 Å². The van der Waals surface area contributed by atoms with Crippen LogP contribution in [0, 0.1) is 10.1 Å². The lowest BCUT2D eigenvalue weighted by Crippen LogP contribution is -2.24. The van der Waals surface area contributed by atoms with Crippen molar-refractivity contribution in [2.75, 3.05) is 25.6 Å². The third-order valence-electron chi connectivity index (χ3n) is 2.54. The van der Waals surface area contributed by atoms with Gasteiger partial charge in [-0.2, -0.15) is 0 Å². The third-order valence-corrected chi connectivity index (χ3v) is 2.92. The molecule has 0 unspecified atom stereocenters. The predicted molar refractivity (Wildman–Crippen MR) is 83.6 cm³/mol. The number of nitro benzene ring substituents is 1. The Morgan fingerprint density at radius 3 is 2.55 bits per heavy atom. The van der Waals surface area contributed by atoms with E-state index in [4.69, 9.17) is 21.1 Å². The van der Waals surface area contributed by atoms with E-state index in [0.29, 0.717) is 13.2 Å². The van der Waals surface area contributed by atoms with Gasteiger partial charge in [-0.1, -0.05) is 11.6 Å². The Labute approximate surface area is 133 Å². The predicted octanol–water partition coefficient (Wildman–Crippen LogP) is 3.26. The van der Waals surface area contributed by atoms with E-state index in [1.165, 1.54) is 19.2 Å². The molecule has 1 aromatic carbocycles. The average Bonchev–Trinajstić information content (AvgIpc) is 2.36. The number of halogens is 1. The second-order valence-corrected chi connectivity index (χ2v) is 5.88. The fraction of sp³-hybridized carbons (Fsp3) is 0.500. The third kappa shape index (κ3) is 4.85. The molecule has 0 atom stereocenters. The highest BCUT2D eigenvalue weighted by Crippen LogP contribution is 2.36. The minimum absolute atomic E-state index is 0.0411. The number of rotatable bonds is 6. The van der Waals surface area contributed by atoms with Gasteiger partial charge >= 0.3 is 11.7 Å². The van der Waals surface area contributed by atoms with Crippen molar-refractivity contribution in [1.82, 2.24) is 0 Å². The molecule has 7 nitrogen and oxygen atoms in total. The van der Waals surface area contributed by atoms with E-state index in [1.807, 2.05) is 0 Å². The van der Waals surface area contributed by atoms with E-state index in [0.717, 1.165) is 0 Å². The van der Waals surface area contributed by atoms with E-state index >= 15 is 0 Å². The molecular formula is C14H19ClN2O5. The van der Waals surface area contributed by atoms with E-state index in [2.05, 4.69) is 5.32 Å². The molecule has 1 rings (SSSR count). The van der Waals surface area contributed by atoms with Crippen LogP contribution in [0.5, 0.6) is 0 Å². The van der Waals surface area contributed by atoms with E-state index in [-0.39, 0.29) is 22.0 Å². The van der Waals surface area contributed by atoms with E-state index < -0.39 is 16.5 Å². The maximum atomic E-state index is 12.1. The molecule has 0 saturated carbocycles. The van der Waals surface area contributed by atoms with E-state index in [9.17, 15) is 14.9 Å². The first-order valence-corrected chi connectivity index (χ1v) is 6.98. The molecule has 8 heteroatoms. The van der Waals surface area contributed by atoms with Crippen LogP contribution in [0.4, 0.5) is 11.4 Å². The van der Waals surface area contributed by atoms with Gasteiger partial charge in [0.15, 0.2) is 0 Å². The molecule has 0 aromatic heterocycles. The molecule has 1 aromatic rings. The number of carbonyl (C=O) groups excluding carboxylic acids is 1. The number of hydrogen-bond acceptors (Lipinski definition) is 6. The number of methoxy groups -OCH3 is 1. The van der Waals surface area contributed by atoms with Crippen molar-refractivity contribution in [3.63, 3.8) is 0 Å². The number of esters is 1. The van der Waals surface area contributed by atoms with Crippen molar-refractivity contribution >= 4 is 28.9 Å². The number of nitro groups is 1. The summed E-state index contributed by atoms with van der Waals surface area (Å²) in [5.74, 6) is -0.705. The Hall–Kier alpha value is -1.86. The van der Waals surface area contributed by atoms with E-state index in [1.54, 1.807) is 20.8 Å². The molecular weight excluding hydrogens is 312 g/mol. The number of nitrogens with zero attached hydrogens (tertiary/aromatic N) is 1.